The minimum absolute atomic E-state index is 0.00407. The molecule has 1 aromatic heterocycles. The van der Waals surface area contributed by atoms with Crippen molar-refractivity contribution in [3.8, 4) is 17.2 Å². The lowest BCUT2D eigenvalue weighted by molar-refractivity contribution is 0.0787. The Kier molecular flexibility index (Phi) is 5.85. The van der Waals surface area contributed by atoms with Crippen molar-refractivity contribution in [1.29, 1.82) is 0 Å². The Labute approximate surface area is 180 Å². The maximum Gasteiger partial charge on any atom is 0.270 e. The lowest BCUT2D eigenvalue weighted by Crippen LogP contribution is -2.27. The third-order valence-corrected chi connectivity index (χ3v) is 6.35. The van der Waals surface area contributed by atoms with Crippen LogP contribution in [0.15, 0.2) is 65.7 Å². The molecule has 0 atom stereocenters. The number of likely N-dealkylation sites (tertiary alicyclic amines) is 1. The first-order chi connectivity index (χ1) is 15.0. The van der Waals surface area contributed by atoms with Crippen LogP contribution >= 0.6 is 0 Å². The van der Waals surface area contributed by atoms with E-state index in [4.69, 9.17) is 9.47 Å². The van der Waals surface area contributed by atoms with Crippen molar-refractivity contribution in [3.63, 3.8) is 0 Å². The molecule has 1 fully saturated rings. The van der Waals surface area contributed by atoms with Crippen LogP contribution in [0.2, 0.25) is 0 Å². The molecule has 0 radical (unpaired) electrons. The number of anilines is 1. The van der Waals surface area contributed by atoms with Crippen LogP contribution in [0.1, 0.15) is 23.3 Å². The van der Waals surface area contributed by atoms with Crippen LogP contribution in [0, 0.1) is 0 Å². The van der Waals surface area contributed by atoms with E-state index in [0.717, 1.165) is 12.8 Å². The van der Waals surface area contributed by atoms with Crippen LogP contribution in [0.3, 0.4) is 0 Å². The second kappa shape index (κ2) is 8.73. The molecule has 0 bridgehead atoms. The molecule has 0 unspecified atom stereocenters. The Hall–Kier alpha value is -3.46. The predicted octanol–water partition coefficient (Wildman–Crippen LogP) is 3.85. The van der Waals surface area contributed by atoms with Gasteiger partial charge in [0.2, 0.25) is 0 Å². The van der Waals surface area contributed by atoms with E-state index in [2.05, 4.69) is 9.71 Å². The number of amides is 1. The lowest BCUT2D eigenvalue weighted by atomic mass is 10.3. The summed E-state index contributed by atoms with van der Waals surface area (Å²) in [6.45, 7) is 1.39. The maximum absolute atomic E-state index is 12.7. The monoisotopic (exact) mass is 441 g/mol. The van der Waals surface area contributed by atoms with Crippen molar-refractivity contribution in [3.05, 3.63) is 66.5 Å². The van der Waals surface area contributed by atoms with E-state index in [9.17, 15) is 13.2 Å². The van der Waals surface area contributed by atoms with Crippen molar-refractivity contribution in [1.82, 2.24) is 9.88 Å². The molecule has 4 rings (SSSR count). The van der Waals surface area contributed by atoms with E-state index in [1.165, 1.54) is 12.3 Å². The molecule has 2 heterocycles. The summed E-state index contributed by atoms with van der Waals surface area (Å²) >= 11 is 0. The summed E-state index contributed by atoms with van der Waals surface area (Å²) in [7, 11) is -2.28. The van der Waals surface area contributed by atoms with Crippen LogP contribution in [0.4, 0.5) is 5.69 Å². The van der Waals surface area contributed by atoms with E-state index in [-0.39, 0.29) is 16.5 Å². The molecule has 1 amide bonds. The topological polar surface area (TPSA) is 101 Å². The van der Waals surface area contributed by atoms with Crippen LogP contribution in [-0.4, -0.2) is 44.4 Å². The molecule has 0 spiro atoms. The van der Waals surface area contributed by atoms with Crippen LogP contribution < -0.4 is 14.2 Å². The third kappa shape index (κ3) is 4.66. The number of nitrogens with zero attached hydrogens (tertiary/aromatic N) is 1. The summed E-state index contributed by atoms with van der Waals surface area (Å²) in [4.78, 5) is 16.9. The van der Waals surface area contributed by atoms with Gasteiger partial charge in [0, 0.05) is 25.0 Å². The first-order valence-electron chi connectivity index (χ1n) is 9.88. The molecule has 1 aliphatic heterocycles. The smallest absolute Gasteiger partial charge is 0.270 e. The maximum atomic E-state index is 12.7. The number of aromatic nitrogens is 1. The first-order valence-corrected chi connectivity index (χ1v) is 11.4. The summed E-state index contributed by atoms with van der Waals surface area (Å²) in [5.74, 6) is 1.50. The summed E-state index contributed by atoms with van der Waals surface area (Å²) in [5, 5.41) is 0. The number of rotatable bonds is 7. The Bertz CT molecular complexity index is 1170. The van der Waals surface area contributed by atoms with Crippen molar-refractivity contribution in [2.24, 2.45) is 0 Å². The largest absolute Gasteiger partial charge is 0.493 e. The standard InChI is InChI=1S/C22H23N3O5S/c1-29-20-6-2-3-7-21(20)30-17-10-8-16(9-11-17)24-31(27,28)18-14-19(23-15-18)22(26)25-12-4-5-13-25/h2-3,6-11,14-15,23-24H,4-5,12-13H2,1H3. The number of nitrogens with one attached hydrogen (secondary N) is 2. The third-order valence-electron chi connectivity index (χ3n) is 4.99. The molecule has 0 saturated carbocycles. The van der Waals surface area contributed by atoms with Gasteiger partial charge in [0.25, 0.3) is 15.9 Å². The van der Waals surface area contributed by atoms with E-state index in [1.54, 1.807) is 48.4 Å². The van der Waals surface area contributed by atoms with Crippen LogP contribution in [0.5, 0.6) is 17.2 Å². The number of sulfonamides is 1. The molecule has 3 aromatic rings. The Morgan fingerprint density at radius 2 is 1.71 bits per heavy atom. The number of hydrogen-bond acceptors (Lipinski definition) is 5. The normalized spacial score (nSPS) is 13.8. The SMILES string of the molecule is COc1ccccc1Oc1ccc(NS(=O)(=O)c2c[nH]c(C(=O)N3CCCC3)c2)cc1. The van der Waals surface area contributed by atoms with Crippen LogP contribution in [0.25, 0.3) is 0 Å². The molecule has 2 N–H and O–H groups in total. The Morgan fingerprint density at radius 1 is 1.03 bits per heavy atom. The minimum Gasteiger partial charge on any atom is -0.493 e. The number of aromatic amines is 1. The molecule has 1 aliphatic rings. The molecule has 9 heteroatoms. The van der Waals surface area contributed by atoms with Gasteiger partial charge in [-0.15, -0.1) is 0 Å². The minimum atomic E-state index is -3.84. The predicted molar refractivity (Wildman–Crippen MR) is 116 cm³/mol. The van der Waals surface area contributed by atoms with Gasteiger partial charge in [-0.1, -0.05) is 12.1 Å². The quantitative estimate of drug-likeness (QED) is 0.580. The zero-order valence-electron chi connectivity index (χ0n) is 17.0. The van der Waals surface area contributed by atoms with Gasteiger partial charge in [-0.2, -0.15) is 0 Å². The van der Waals surface area contributed by atoms with E-state index < -0.39 is 10.0 Å². The second-order valence-corrected chi connectivity index (χ2v) is 8.81. The van der Waals surface area contributed by atoms with Gasteiger partial charge in [0.05, 0.1) is 7.11 Å². The van der Waals surface area contributed by atoms with Gasteiger partial charge in [-0.3, -0.25) is 9.52 Å². The molecular formula is C22H23N3O5S. The number of H-pyrrole nitrogens is 1. The molecule has 0 aliphatic carbocycles. The van der Waals surface area contributed by atoms with E-state index >= 15 is 0 Å². The summed E-state index contributed by atoms with van der Waals surface area (Å²) in [6.07, 6.45) is 3.26. The number of benzene rings is 2. The highest BCUT2D eigenvalue weighted by molar-refractivity contribution is 7.92. The molecule has 162 valence electrons. The average molecular weight is 442 g/mol. The van der Waals surface area contributed by atoms with Gasteiger partial charge < -0.3 is 19.4 Å². The van der Waals surface area contributed by atoms with Gasteiger partial charge in [-0.25, -0.2) is 8.42 Å². The van der Waals surface area contributed by atoms with Gasteiger partial charge in [0.15, 0.2) is 11.5 Å². The molecule has 1 saturated heterocycles. The molecule has 8 nitrogen and oxygen atoms in total. The molecule has 2 aromatic carbocycles. The highest BCUT2D eigenvalue weighted by atomic mass is 32.2. The zero-order chi connectivity index (χ0) is 21.8. The number of hydrogen-bond donors (Lipinski definition) is 2. The number of methoxy groups -OCH3 is 1. The van der Waals surface area contributed by atoms with Crippen molar-refractivity contribution in [2.45, 2.75) is 17.7 Å². The Balaban J connectivity index is 1.44. The fourth-order valence-electron chi connectivity index (χ4n) is 3.38. The highest BCUT2D eigenvalue weighted by Crippen LogP contribution is 2.31. The second-order valence-electron chi connectivity index (χ2n) is 7.13. The fraction of sp³-hybridized carbons (Fsp3) is 0.227. The van der Waals surface area contributed by atoms with Crippen molar-refractivity contribution in [2.75, 3.05) is 24.9 Å². The van der Waals surface area contributed by atoms with E-state index in [0.29, 0.717) is 36.0 Å². The summed E-state index contributed by atoms with van der Waals surface area (Å²) in [6, 6.07) is 15.1. The highest BCUT2D eigenvalue weighted by Gasteiger charge is 2.23. The van der Waals surface area contributed by atoms with Gasteiger partial charge >= 0.3 is 0 Å². The van der Waals surface area contributed by atoms with Crippen molar-refractivity contribution >= 4 is 21.6 Å². The zero-order valence-corrected chi connectivity index (χ0v) is 17.8. The molecular weight excluding hydrogens is 418 g/mol. The van der Waals surface area contributed by atoms with Crippen molar-refractivity contribution < 1.29 is 22.7 Å². The lowest BCUT2D eigenvalue weighted by Gasteiger charge is -2.13. The van der Waals surface area contributed by atoms with E-state index in [1.807, 2.05) is 12.1 Å². The van der Waals surface area contributed by atoms with Gasteiger partial charge in [-0.05, 0) is 55.3 Å². The Morgan fingerprint density at radius 3 is 2.39 bits per heavy atom. The van der Waals surface area contributed by atoms with Crippen LogP contribution in [-0.2, 0) is 10.0 Å². The number of ether oxygens (including phenoxy) is 2. The average Bonchev–Trinajstić information content (AvgIpc) is 3.48. The summed E-state index contributed by atoms with van der Waals surface area (Å²) in [5.41, 5.74) is 0.642. The summed E-state index contributed by atoms with van der Waals surface area (Å²) < 4.78 is 39.0. The number of carbonyl (C=O) groups is 1. The number of carbonyl (C=O) groups excluding carboxylic acids is 1. The fourth-order valence-corrected chi connectivity index (χ4v) is 4.43. The first kappa shape index (κ1) is 20.8. The van der Waals surface area contributed by atoms with Gasteiger partial charge in [0.1, 0.15) is 16.3 Å². The number of para-hydroxylation sites is 2. The molecule has 31 heavy (non-hydrogen) atoms.